The first-order valence-corrected chi connectivity index (χ1v) is 27.0. The van der Waals surface area contributed by atoms with Crippen LogP contribution < -0.4 is 0 Å². The summed E-state index contributed by atoms with van der Waals surface area (Å²) in [6, 6.07) is 81.5. The summed E-state index contributed by atoms with van der Waals surface area (Å²) in [7, 11) is 0. The quantitative estimate of drug-likeness (QED) is 0.142. The van der Waals surface area contributed by atoms with Gasteiger partial charge in [0.15, 0.2) is 5.82 Å². The Hall–Kier alpha value is -10.5. The van der Waals surface area contributed by atoms with Gasteiger partial charge in [0.05, 0.1) is 61.3 Å². The molecule has 0 bridgehead atoms. The molecule has 15 aromatic rings. The summed E-state index contributed by atoms with van der Waals surface area (Å²) < 4.78 is 94.9. The second-order valence-corrected chi connectivity index (χ2v) is 20.7. The van der Waals surface area contributed by atoms with Gasteiger partial charge in [-0.25, -0.2) is 9.97 Å². The third kappa shape index (κ3) is 8.33. The number of hydrogen-bond acceptors (Lipinski definition) is 2. The summed E-state index contributed by atoms with van der Waals surface area (Å²) in [6.45, 7) is 0. The van der Waals surface area contributed by atoms with Gasteiger partial charge in [0.1, 0.15) is 0 Å². The van der Waals surface area contributed by atoms with Crippen molar-refractivity contribution in [3.63, 3.8) is 0 Å². The molecule has 0 saturated heterocycles. The molecule has 0 radical (unpaired) electrons. The Kier molecular flexibility index (Phi) is 11.4. The number of hydrogen-bond donors (Lipinski definition) is 0. The summed E-state index contributed by atoms with van der Waals surface area (Å²) >= 11 is 0. The van der Waals surface area contributed by atoms with E-state index in [-0.39, 0.29) is 21.8 Å². The highest BCUT2D eigenvalue weighted by Gasteiger charge is 2.34. The van der Waals surface area contributed by atoms with Gasteiger partial charge in [-0.2, -0.15) is 26.3 Å². The number of halogens is 6. The highest BCUT2D eigenvalue weighted by Crippen LogP contribution is 2.47. The largest absolute Gasteiger partial charge is 0.416 e. The molecular weight excluding hydrogens is 1050 g/mol. The SMILES string of the molecule is FC(F)(F)c1ccc2c(c1)c1cc(C(F)(F)F)ccc1n2-c1c(-c2ccc(-n3c4ccccc4c4ccccc43)cc2)cc(-c2nc(-c3ccccc3)cc(-c3ccccc3)n2)cc1-c1ccc(-n2c3ccccc3c3ccccc32)cc1. The Labute approximate surface area is 470 Å². The van der Waals surface area contributed by atoms with Crippen LogP contribution >= 0.6 is 0 Å². The smallest absolute Gasteiger partial charge is 0.309 e. The fourth-order valence-corrected chi connectivity index (χ4v) is 12.1. The van der Waals surface area contributed by atoms with E-state index >= 15 is 0 Å². The fraction of sp³-hybridized carbons (Fsp3) is 0.0278. The van der Waals surface area contributed by atoms with Crippen molar-refractivity contribution in [1.29, 1.82) is 0 Å². The minimum atomic E-state index is -4.79. The zero-order valence-corrected chi connectivity index (χ0v) is 43.8. The first-order chi connectivity index (χ1) is 40.4. The maximum absolute atomic E-state index is 14.8. The fourth-order valence-electron chi connectivity index (χ4n) is 12.1. The van der Waals surface area contributed by atoms with Crippen LogP contribution in [0.5, 0.6) is 0 Å². The van der Waals surface area contributed by atoms with Crippen LogP contribution in [0.15, 0.2) is 261 Å². The first-order valence-electron chi connectivity index (χ1n) is 27.0. The molecule has 83 heavy (non-hydrogen) atoms. The van der Waals surface area contributed by atoms with Crippen molar-refractivity contribution in [3.05, 3.63) is 272 Å². The lowest BCUT2D eigenvalue weighted by molar-refractivity contribution is -0.138. The van der Waals surface area contributed by atoms with Gasteiger partial charge < -0.3 is 13.7 Å². The number of fused-ring (bicyclic) bond motifs is 9. The summed E-state index contributed by atoms with van der Waals surface area (Å²) in [5.41, 5.74) is 11.3. The van der Waals surface area contributed by atoms with Crippen molar-refractivity contribution in [2.24, 2.45) is 0 Å². The van der Waals surface area contributed by atoms with Gasteiger partial charge in [0.25, 0.3) is 0 Å². The molecule has 0 aliphatic heterocycles. The van der Waals surface area contributed by atoms with Crippen molar-refractivity contribution in [2.75, 3.05) is 0 Å². The van der Waals surface area contributed by atoms with Crippen LogP contribution in [0.2, 0.25) is 0 Å². The predicted octanol–water partition coefficient (Wildman–Crippen LogP) is 20.1. The Balaban J connectivity index is 1.05. The van der Waals surface area contributed by atoms with E-state index in [9.17, 15) is 26.3 Å². The first kappa shape index (κ1) is 49.5. The second kappa shape index (κ2) is 19.1. The maximum Gasteiger partial charge on any atom is 0.416 e. The zero-order valence-electron chi connectivity index (χ0n) is 43.8. The predicted molar refractivity (Wildman–Crippen MR) is 322 cm³/mol. The normalized spacial score (nSPS) is 12.2. The van der Waals surface area contributed by atoms with Gasteiger partial charge in [-0.1, -0.05) is 158 Å². The summed E-state index contributed by atoms with van der Waals surface area (Å²) in [6.07, 6.45) is -9.57. The highest BCUT2D eigenvalue weighted by molar-refractivity contribution is 6.13. The topological polar surface area (TPSA) is 40.6 Å². The average Bonchev–Trinajstić information content (AvgIpc) is 2.95. The van der Waals surface area contributed by atoms with Crippen molar-refractivity contribution < 1.29 is 26.3 Å². The van der Waals surface area contributed by atoms with Crippen LogP contribution in [-0.2, 0) is 12.4 Å². The van der Waals surface area contributed by atoms with Crippen molar-refractivity contribution in [2.45, 2.75) is 12.4 Å². The lowest BCUT2D eigenvalue weighted by atomic mass is 9.92. The van der Waals surface area contributed by atoms with Gasteiger partial charge in [-0.15, -0.1) is 0 Å². The summed E-state index contributed by atoms with van der Waals surface area (Å²) in [5, 5.41) is 4.40. The molecule has 0 unspecified atom stereocenters. The van der Waals surface area contributed by atoms with E-state index in [4.69, 9.17) is 9.97 Å². The Morgan fingerprint density at radius 1 is 0.265 bits per heavy atom. The lowest BCUT2D eigenvalue weighted by Crippen LogP contribution is -2.06. The molecule has 0 atom stereocenters. The zero-order chi connectivity index (χ0) is 56.1. The van der Waals surface area contributed by atoms with Crippen LogP contribution in [-0.4, -0.2) is 23.7 Å². The molecule has 15 rings (SSSR count). The number of nitrogens with zero attached hydrogens (tertiary/aromatic N) is 5. The third-order valence-electron chi connectivity index (χ3n) is 15.9. The minimum Gasteiger partial charge on any atom is -0.309 e. The number of alkyl halides is 6. The minimum absolute atomic E-state index is 0.0109. The molecular formula is C72H43F6N5. The van der Waals surface area contributed by atoms with Crippen molar-refractivity contribution in [3.8, 4) is 73.2 Å². The molecule has 11 aromatic carbocycles. The van der Waals surface area contributed by atoms with Crippen molar-refractivity contribution in [1.82, 2.24) is 23.7 Å². The average molecular weight is 1090 g/mol. The van der Waals surface area contributed by atoms with E-state index in [0.717, 1.165) is 90.4 Å². The van der Waals surface area contributed by atoms with Crippen LogP contribution in [0.25, 0.3) is 139 Å². The summed E-state index contributed by atoms with van der Waals surface area (Å²) in [4.78, 5) is 10.6. The molecule has 0 saturated carbocycles. The Bertz CT molecular complexity index is 4620. The molecule has 398 valence electrons. The van der Waals surface area contributed by atoms with E-state index in [0.29, 0.717) is 50.7 Å². The Morgan fingerprint density at radius 2 is 0.602 bits per heavy atom. The molecule has 0 spiro atoms. The van der Waals surface area contributed by atoms with E-state index < -0.39 is 23.5 Å². The van der Waals surface area contributed by atoms with Crippen LogP contribution in [0.3, 0.4) is 0 Å². The van der Waals surface area contributed by atoms with Gasteiger partial charge in [-0.3, -0.25) is 0 Å². The second-order valence-electron chi connectivity index (χ2n) is 20.7. The van der Waals surface area contributed by atoms with E-state index in [1.165, 1.54) is 12.1 Å². The highest BCUT2D eigenvalue weighted by atomic mass is 19.4. The molecule has 4 heterocycles. The third-order valence-corrected chi connectivity index (χ3v) is 15.9. The molecule has 0 aliphatic carbocycles. The molecule has 0 aliphatic rings. The maximum atomic E-state index is 14.8. The summed E-state index contributed by atoms with van der Waals surface area (Å²) in [5.74, 6) is 0.398. The van der Waals surface area contributed by atoms with Gasteiger partial charge in [0.2, 0.25) is 0 Å². The lowest BCUT2D eigenvalue weighted by Gasteiger charge is -2.22. The molecule has 5 nitrogen and oxygen atoms in total. The van der Waals surface area contributed by atoms with E-state index in [2.05, 4.69) is 57.7 Å². The van der Waals surface area contributed by atoms with Crippen LogP contribution in [0.1, 0.15) is 11.1 Å². The van der Waals surface area contributed by atoms with Crippen LogP contribution in [0, 0.1) is 0 Å². The molecule has 0 N–H and O–H groups in total. The number of rotatable bonds is 8. The van der Waals surface area contributed by atoms with Crippen molar-refractivity contribution >= 4 is 65.4 Å². The molecule has 4 aromatic heterocycles. The molecule has 11 heteroatoms. The van der Waals surface area contributed by atoms with Crippen LogP contribution in [0.4, 0.5) is 26.3 Å². The Morgan fingerprint density at radius 3 is 0.964 bits per heavy atom. The van der Waals surface area contributed by atoms with Gasteiger partial charge in [-0.05, 0) is 114 Å². The molecule has 0 fully saturated rings. The number of benzene rings is 11. The van der Waals surface area contributed by atoms with Gasteiger partial charge in [0, 0.05) is 71.5 Å². The van der Waals surface area contributed by atoms with E-state index in [1.54, 1.807) is 0 Å². The van der Waals surface area contributed by atoms with E-state index in [1.807, 2.05) is 180 Å². The standard InChI is InChI=1S/C72H43F6N5/c73-71(74,75)49-31-37-67-59(41-49)60-42-50(72(76,77)78)32-38-68(60)83(67)69-57(44-27-33-51(34-28-44)81-63-23-11-7-19-53(63)54-20-8-12-24-64(54)81)39-48(70-79-61(46-15-3-1-4-16-46)43-62(80-70)47-17-5-2-6-18-47)40-58(69)45-29-35-52(36-30-45)82-65-25-13-9-21-55(65)56-22-10-14-26-66(56)82/h1-43H. The number of aromatic nitrogens is 5. The monoisotopic (exact) mass is 1090 g/mol. The number of para-hydroxylation sites is 4. The molecule has 0 amide bonds. The van der Waals surface area contributed by atoms with Gasteiger partial charge >= 0.3 is 12.4 Å².